The van der Waals surface area contributed by atoms with Gasteiger partial charge in [-0.15, -0.1) is 35.7 Å². The Balaban J connectivity index is 0.00000210. The Morgan fingerprint density at radius 1 is 1.15 bits per heavy atom. The van der Waals surface area contributed by atoms with Crippen molar-refractivity contribution < 1.29 is 4.74 Å². The summed E-state index contributed by atoms with van der Waals surface area (Å²) in [5, 5.41) is 7.12. The van der Waals surface area contributed by atoms with Crippen molar-refractivity contribution in [2.45, 2.75) is 34.9 Å². The zero-order chi connectivity index (χ0) is 17.8. The maximum absolute atomic E-state index is 5.76. The van der Waals surface area contributed by atoms with E-state index in [9.17, 15) is 0 Å². The molecule has 0 bridgehead atoms. The van der Waals surface area contributed by atoms with E-state index >= 15 is 0 Å². The van der Waals surface area contributed by atoms with E-state index in [0.29, 0.717) is 4.75 Å². The van der Waals surface area contributed by atoms with Crippen LogP contribution in [0.25, 0.3) is 0 Å². The summed E-state index contributed by atoms with van der Waals surface area (Å²) in [5.74, 6) is 1.84. The van der Waals surface area contributed by atoms with E-state index in [1.807, 2.05) is 30.9 Å². The van der Waals surface area contributed by atoms with Gasteiger partial charge < -0.3 is 15.4 Å². The minimum absolute atomic E-state index is 0. The summed E-state index contributed by atoms with van der Waals surface area (Å²) in [6.45, 7) is 1.66. The molecule has 0 spiro atoms. The molecule has 144 valence electrons. The number of rotatable bonds is 5. The van der Waals surface area contributed by atoms with E-state index in [1.165, 1.54) is 23.3 Å². The van der Waals surface area contributed by atoms with Crippen LogP contribution in [-0.2, 0) is 0 Å². The van der Waals surface area contributed by atoms with Crippen molar-refractivity contribution in [2.24, 2.45) is 4.99 Å². The van der Waals surface area contributed by atoms with Crippen LogP contribution >= 0.6 is 35.7 Å². The van der Waals surface area contributed by atoms with Crippen molar-refractivity contribution in [3.63, 3.8) is 0 Å². The topological polar surface area (TPSA) is 45.7 Å². The molecule has 4 nitrogen and oxygen atoms in total. The molecule has 1 saturated carbocycles. The number of benzene rings is 2. The molecule has 2 aromatic rings. The molecule has 2 aliphatic rings. The molecule has 1 aliphatic carbocycles. The fourth-order valence-electron chi connectivity index (χ4n) is 3.29. The number of aliphatic imine (C=N–C) groups is 1. The molecule has 2 N–H and O–H groups in total. The van der Waals surface area contributed by atoms with Crippen molar-refractivity contribution in [3.05, 3.63) is 60.2 Å². The number of nitrogens with zero attached hydrogens (tertiary/aromatic N) is 1. The lowest BCUT2D eigenvalue weighted by molar-refractivity contribution is 0.261. The smallest absolute Gasteiger partial charge is 0.191 e. The maximum Gasteiger partial charge on any atom is 0.191 e. The average molecular weight is 495 g/mol. The fraction of sp³-hybridized carbons (Fsp3) is 0.381. The Morgan fingerprint density at radius 3 is 2.63 bits per heavy atom. The SMILES string of the molecule is CN=C(NCC1(Sc2ccccc2)CC1)NC1CCOc2ccccc21.I. The summed E-state index contributed by atoms with van der Waals surface area (Å²) >= 11 is 1.98. The van der Waals surface area contributed by atoms with E-state index in [1.54, 1.807) is 0 Å². The van der Waals surface area contributed by atoms with E-state index in [2.05, 4.69) is 58.1 Å². The van der Waals surface area contributed by atoms with Gasteiger partial charge in [0.05, 0.1) is 12.6 Å². The molecule has 0 aromatic heterocycles. The first-order valence-corrected chi connectivity index (χ1v) is 10.0. The van der Waals surface area contributed by atoms with Crippen molar-refractivity contribution in [3.8, 4) is 5.75 Å². The minimum atomic E-state index is 0. The number of guanidine groups is 1. The number of ether oxygens (including phenoxy) is 1. The molecular weight excluding hydrogens is 469 g/mol. The van der Waals surface area contributed by atoms with Gasteiger partial charge in [0.25, 0.3) is 0 Å². The Kier molecular flexibility index (Phi) is 6.92. The Morgan fingerprint density at radius 2 is 1.89 bits per heavy atom. The molecule has 1 fully saturated rings. The minimum Gasteiger partial charge on any atom is -0.493 e. The lowest BCUT2D eigenvalue weighted by Crippen LogP contribution is -2.43. The normalized spacial score (nSPS) is 19.9. The Bertz CT molecular complexity index is 780. The van der Waals surface area contributed by atoms with Gasteiger partial charge in [0.1, 0.15) is 5.75 Å². The highest BCUT2D eigenvalue weighted by atomic mass is 127. The maximum atomic E-state index is 5.76. The Hall–Kier alpha value is -1.41. The largest absolute Gasteiger partial charge is 0.493 e. The molecule has 1 unspecified atom stereocenters. The summed E-state index contributed by atoms with van der Waals surface area (Å²) in [6, 6.07) is 19.2. The molecule has 0 saturated heterocycles. The second-order valence-corrected chi connectivity index (χ2v) is 8.44. The Labute approximate surface area is 182 Å². The molecule has 27 heavy (non-hydrogen) atoms. The van der Waals surface area contributed by atoms with Gasteiger partial charge in [-0.1, -0.05) is 36.4 Å². The first-order valence-electron chi connectivity index (χ1n) is 9.21. The highest BCUT2D eigenvalue weighted by Gasteiger charge is 2.43. The number of fused-ring (bicyclic) bond motifs is 1. The van der Waals surface area contributed by atoms with Gasteiger partial charge >= 0.3 is 0 Å². The summed E-state index contributed by atoms with van der Waals surface area (Å²) in [6.07, 6.45) is 3.44. The second-order valence-electron chi connectivity index (χ2n) is 6.90. The van der Waals surface area contributed by atoms with Crippen molar-refractivity contribution in [1.82, 2.24) is 10.6 Å². The van der Waals surface area contributed by atoms with Crippen LogP contribution in [0.15, 0.2) is 64.5 Å². The average Bonchev–Trinajstić information content (AvgIpc) is 3.45. The quantitative estimate of drug-likeness (QED) is 0.361. The molecule has 6 heteroatoms. The van der Waals surface area contributed by atoms with E-state index in [0.717, 1.165) is 31.3 Å². The van der Waals surface area contributed by atoms with Gasteiger partial charge in [-0.05, 0) is 31.0 Å². The number of para-hydroxylation sites is 1. The zero-order valence-corrected chi connectivity index (χ0v) is 18.6. The van der Waals surface area contributed by atoms with Gasteiger partial charge in [0.15, 0.2) is 5.96 Å². The third-order valence-corrected chi connectivity index (χ3v) is 6.45. The second kappa shape index (κ2) is 9.19. The van der Waals surface area contributed by atoms with Gasteiger partial charge in [0, 0.05) is 35.2 Å². The predicted molar refractivity (Wildman–Crippen MR) is 123 cm³/mol. The number of hydrogen-bond acceptors (Lipinski definition) is 3. The molecule has 1 aliphatic heterocycles. The lowest BCUT2D eigenvalue weighted by atomic mass is 10.0. The van der Waals surface area contributed by atoms with Gasteiger partial charge in [0.2, 0.25) is 0 Å². The first kappa shape index (κ1) is 20.3. The molecule has 1 heterocycles. The van der Waals surface area contributed by atoms with Crippen LogP contribution in [0.3, 0.4) is 0 Å². The van der Waals surface area contributed by atoms with Crippen molar-refractivity contribution in [1.29, 1.82) is 0 Å². The van der Waals surface area contributed by atoms with Crippen LogP contribution in [-0.4, -0.2) is 30.9 Å². The molecular formula is C21H26IN3OS. The third kappa shape index (κ3) is 5.10. The van der Waals surface area contributed by atoms with E-state index < -0.39 is 0 Å². The van der Waals surface area contributed by atoms with Crippen molar-refractivity contribution in [2.75, 3.05) is 20.2 Å². The first-order chi connectivity index (χ1) is 12.8. The van der Waals surface area contributed by atoms with Crippen molar-refractivity contribution >= 4 is 41.7 Å². The van der Waals surface area contributed by atoms with E-state index in [4.69, 9.17) is 4.74 Å². The zero-order valence-electron chi connectivity index (χ0n) is 15.5. The van der Waals surface area contributed by atoms with Crippen LogP contribution in [0.5, 0.6) is 5.75 Å². The summed E-state index contributed by atoms with van der Waals surface area (Å²) in [7, 11) is 1.84. The summed E-state index contributed by atoms with van der Waals surface area (Å²) in [5.41, 5.74) is 1.21. The molecule has 2 aromatic carbocycles. The monoisotopic (exact) mass is 495 g/mol. The number of thioether (sulfide) groups is 1. The van der Waals surface area contributed by atoms with Gasteiger partial charge in [-0.3, -0.25) is 4.99 Å². The number of nitrogens with one attached hydrogen (secondary N) is 2. The lowest BCUT2D eigenvalue weighted by Gasteiger charge is -2.28. The van der Waals surface area contributed by atoms with Gasteiger partial charge in [-0.2, -0.15) is 0 Å². The van der Waals surface area contributed by atoms with E-state index in [-0.39, 0.29) is 30.0 Å². The van der Waals surface area contributed by atoms with Crippen LogP contribution in [0.1, 0.15) is 30.9 Å². The number of hydrogen-bond donors (Lipinski definition) is 2. The standard InChI is InChI=1S/C21H25N3OS.HI/c1-22-20(24-18-11-14-25-19-10-6-5-9-17(18)19)23-15-21(12-13-21)26-16-7-3-2-4-8-16;/h2-10,18H,11-15H2,1H3,(H2,22,23,24);1H. The molecule has 4 rings (SSSR count). The fourth-order valence-corrected chi connectivity index (χ4v) is 4.53. The third-order valence-electron chi connectivity index (χ3n) is 4.96. The molecule has 0 radical (unpaired) electrons. The molecule has 1 atom stereocenters. The van der Waals surface area contributed by atoms with Crippen LogP contribution in [0.2, 0.25) is 0 Å². The highest BCUT2D eigenvalue weighted by molar-refractivity contribution is 14.0. The summed E-state index contributed by atoms with van der Waals surface area (Å²) < 4.78 is 6.05. The van der Waals surface area contributed by atoms with Crippen LogP contribution < -0.4 is 15.4 Å². The predicted octanol–water partition coefficient (Wildman–Crippen LogP) is 4.62. The molecule has 0 amide bonds. The number of halogens is 1. The van der Waals surface area contributed by atoms with Gasteiger partial charge in [-0.25, -0.2) is 0 Å². The van der Waals surface area contributed by atoms with Crippen LogP contribution in [0, 0.1) is 0 Å². The summed E-state index contributed by atoms with van der Waals surface area (Å²) in [4.78, 5) is 5.78. The highest BCUT2D eigenvalue weighted by Crippen LogP contribution is 2.51. The van der Waals surface area contributed by atoms with Crippen LogP contribution in [0.4, 0.5) is 0 Å².